The van der Waals surface area contributed by atoms with E-state index in [4.69, 9.17) is 4.74 Å². The van der Waals surface area contributed by atoms with Crippen LogP contribution in [0.2, 0.25) is 0 Å². The molecule has 0 spiro atoms. The summed E-state index contributed by atoms with van der Waals surface area (Å²) in [6.07, 6.45) is 6.61. The summed E-state index contributed by atoms with van der Waals surface area (Å²) in [5, 5.41) is 19.2. The van der Waals surface area contributed by atoms with Crippen LogP contribution in [0.15, 0.2) is 37.6 Å². The number of ether oxygens (including phenoxy) is 1. The van der Waals surface area contributed by atoms with Crippen LogP contribution in [0.25, 0.3) is 39.3 Å². The lowest BCUT2D eigenvalue weighted by atomic mass is 9.91. The van der Waals surface area contributed by atoms with E-state index in [0.29, 0.717) is 46.6 Å². The minimum Gasteiger partial charge on any atom is -0.386 e. The van der Waals surface area contributed by atoms with Crippen molar-refractivity contribution in [1.29, 1.82) is 0 Å². The molecule has 1 aliphatic rings. The maximum absolute atomic E-state index is 16.2. The van der Waals surface area contributed by atoms with Crippen LogP contribution in [-0.2, 0) is 17.4 Å². The van der Waals surface area contributed by atoms with Gasteiger partial charge in [0.25, 0.3) is 0 Å². The SMILES string of the molecule is C=Cc1nnn(C)c1-c1cnc2c3cc(F)c(C(C)(C)O)c(F)c3n([C@H](C=C)C3CCOCC3)c2c1. The Hall–Kier alpha value is -3.43. The number of halogens is 2. The van der Waals surface area contributed by atoms with Crippen molar-refractivity contribution < 1.29 is 18.6 Å². The van der Waals surface area contributed by atoms with Gasteiger partial charge in [-0.25, -0.2) is 13.5 Å². The third-order valence-corrected chi connectivity index (χ3v) is 7.04. The standard InChI is InChI=1S/C27H29F2N5O2/c1-6-19-25(33(5)32-31-19)16-12-21-24(30-14-16)17-13-18(28)22(27(3,4)35)23(29)26(17)34(21)20(7-2)15-8-10-36-11-9-15/h6-7,12-15,20,35H,1-2,8-11H2,3-5H3/t20-/m1/s1. The highest BCUT2D eigenvalue weighted by Crippen LogP contribution is 2.42. The maximum atomic E-state index is 16.2. The molecule has 5 rings (SSSR count). The normalized spacial score (nSPS) is 16.1. The summed E-state index contributed by atoms with van der Waals surface area (Å²) in [7, 11) is 1.77. The van der Waals surface area contributed by atoms with Crippen molar-refractivity contribution in [2.45, 2.75) is 38.3 Å². The quantitative estimate of drug-likeness (QED) is 0.370. The third kappa shape index (κ3) is 3.74. The summed E-state index contributed by atoms with van der Waals surface area (Å²) < 4.78 is 40.4. The Balaban J connectivity index is 1.89. The van der Waals surface area contributed by atoms with Crippen molar-refractivity contribution in [2.75, 3.05) is 13.2 Å². The maximum Gasteiger partial charge on any atom is 0.156 e. The molecule has 1 aliphatic heterocycles. The van der Waals surface area contributed by atoms with Gasteiger partial charge in [0.15, 0.2) is 5.82 Å². The highest BCUT2D eigenvalue weighted by atomic mass is 19.1. The summed E-state index contributed by atoms with van der Waals surface area (Å²) in [6.45, 7) is 11.8. The Morgan fingerprint density at radius 3 is 2.58 bits per heavy atom. The van der Waals surface area contributed by atoms with Crippen molar-refractivity contribution in [3.63, 3.8) is 0 Å². The smallest absolute Gasteiger partial charge is 0.156 e. The number of hydrogen-bond donors (Lipinski definition) is 1. The van der Waals surface area contributed by atoms with Gasteiger partial charge in [0.05, 0.1) is 39.5 Å². The summed E-state index contributed by atoms with van der Waals surface area (Å²) >= 11 is 0. The number of aryl methyl sites for hydroxylation is 1. The van der Waals surface area contributed by atoms with E-state index in [-0.39, 0.29) is 23.0 Å². The fourth-order valence-corrected chi connectivity index (χ4v) is 5.40. The van der Waals surface area contributed by atoms with Gasteiger partial charge in [-0.15, -0.1) is 11.7 Å². The number of hydrogen-bond acceptors (Lipinski definition) is 5. The molecular formula is C27H29F2N5O2. The summed E-state index contributed by atoms with van der Waals surface area (Å²) in [5.74, 6) is -1.48. The molecule has 4 heterocycles. The van der Waals surface area contributed by atoms with Gasteiger partial charge >= 0.3 is 0 Å². The molecular weight excluding hydrogens is 464 g/mol. The van der Waals surface area contributed by atoms with Gasteiger partial charge in [0, 0.05) is 37.4 Å². The molecule has 36 heavy (non-hydrogen) atoms. The number of nitrogens with zero attached hydrogens (tertiary/aromatic N) is 5. The second kappa shape index (κ2) is 8.90. The van der Waals surface area contributed by atoms with Gasteiger partial charge in [0.1, 0.15) is 11.5 Å². The lowest BCUT2D eigenvalue weighted by Gasteiger charge is -2.31. The van der Waals surface area contributed by atoms with Gasteiger partial charge in [-0.3, -0.25) is 4.98 Å². The second-order valence-electron chi connectivity index (χ2n) is 9.79. The van der Waals surface area contributed by atoms with Gasteiger partial charge in [-0.05, 0) is 50.8 Å². The molecule has 1 aromatic carbocycles. The van der Waals surface area contributed by atoms with Crippen molar-refractivity contribution in [2.24, 2.45) is 13.0 Å². The van der Waals surface area contributed by atoms with Gasteiger partial charge in [0.2, 0.25) is 0 Å². The van der Waals surface area contributed by atoms with Crippen molar-refractivity contribution in [1.82, 2.24) is 24.5 Å². The van der Waals surface area contributed by atoms with Crippen LogP contribution in [0.1, 0.15) is 44.0 Å². The average Bonchev–Trinajstić information content (AvgIpc) is 3.37. The molecule has 0 unspecified atom stereocenters. The largest absolute Gasteiger partial charge is 0.386 e. The molecule has 9 heteroatoms. The summed E-state index contributed by atoms with van der Waals surface area (Å²) in [6, 6.07) is 2.86. The molecule has 0 radical (unpaired) electrons. The predicted octanol–water partition coefficient (Wildman–Crippen LogP) is 5.29. The minimum atomic E-state index is -1.72. The lowest BCUT2D eigenvalue weighted by molar-refractivity contribution is 0.0561. The van der Waals surface area contributed by atoms with E-state index in [0.717, 1.165) is 12.8 Å². The van der Waals surface area contributed by atoms with Crippen LogP contribution in [0.3, 0.4) is 0 Å². The zero-order valence-corrected chi connectivity index (χ0v) is 20.6. The number of aromatic nitrogens is 5. The molecule has 0 aliphatic carbocycles. The first-order valence-corrected chi connectivity index (χ1v) is 11.9. The Bertz CT molecular complexity index is 1490. The van der Waals surface area contributed by atoms with Gasteiger partial charge < -0.3 is 14.4 Å². The Morgan fingerprint density at radius 2 is 1.94 bits per heavy atom. The van der Waals surface area contributed by atoms with Gasteiger partial charge in [-0.1, -0.05) is 17.9 Å². The summed E-state index contributed by atoms with van der Waals surface area (Å²) in [5.41, 5.74) is 1.20. The molecule has 1 N–H and O–H groups in total. The van der Waals surface area contributed by atoms with E-state index < -0.39 is 17.2 Å². The van der Waals surface area contributed by atoms with Gasteiger partial charge in [-0.2, -0.15) is 0 Å². The monoisotopic (exact) mass is 493 g/mol. The molecule has 1 saturated heterocycles. The van der Waals surface area contributed by atoms with E-state index in [2.05, 4.69) is 28.5 Å². The number of pyridine rings is 1. The number of aliphatic hydroxyl groups is 1. The number of benzene rings is 1. The molecule has 0 amide bonds. The molecule has 188 valence electrons. The van der Waals surface area contributed by atoms with E-state index in [1.54, 1.807) is 30.1 Å². The zero-order valence-electron chi connectivity index (χ0n) is 20.6. The highest BCUT2D eigenvalue weighted by Gasteiger charge is 2.33. The zero-order chi connectivity index (χ0) is 25.8. The first-order chi connectivity index (χ1) is 17.2. The van der Waals surface area contributed by atoms with Crippen LogP contribution in [0.4, 0.5) is 8.78 Å². The molecule has 0 saturated carbocycles. The van der Waals surface area contributed by atoms with Crippen LogP contribution in [0, 0.1) is 17.6 Å². The first kappa shape index (κ1) is 24.3. The molecule has 0 bridgehead atoms. The number of allylic oxidation sites excluding steroid dienone is 1. The topological polar surface area (TPSA) is 78.0 Å². The fraction of sp³-hybridized carbons (Fsp3) is 0.370. The summed E-state index contributed by atoms with van der Waals surface area (Å²) in [4.78, 5) is 4.66. The van der Waals surface area contributed by atoms with Crippen molar-refractivity contribution >= 4 is 28.0 Å². The minimum absolute atomic E-state index is 0.135. The number of fused-ring (bicyclic) bond motifs is 3. The van der Waals surface area contributed by atoms with Crippen molar-refractivity contribution in [3.05, 3.63) is 60.5 Å². The second-order valence-corrected chi connectivity index (χ2v) is 9.79. The van der Waals surface area contributed by atoms with Crippen LogP contribution >= 0.6 is 0 Å². The van der Waals surface area contributed by atoms with Crippen molar-refractivity contribution in [3.8, 4) is 11.3 Å². The van der Waals surface area contributed by atoms with Crippen LogP contribution in [0.5, 0.6) is 0 Å². The molecule has 3 aromatic heterocycles. The van der Waals surface area contributed by atoms with E-state index in [9.17, 15) is 5.11 Å². The molecule has 4 aromatic rings. The number of rotatable bonds is 6. The third-order valence-electron chi connectivity index (χ3n) is 7.04. The van der Waals surface area contributed by atoms with E-state index >= 15 is 8.78 Å². The van der Waals surface area contributed by atoms with Crippen LogP contribution in [-0.4, -0.2) is 42.9 Å². The van der Waals surface area contributed by atoms with E-state index in [1.165, 1.54) is 19.9 Å². The molecule has 1 fully saturated rings. The Morgan fingerprint density at radius 1 is 1.22 bits per heavy atom. The Labute approximate surface area is 207 Å². The molecule has 7 nitrogen and oxygen atoms in total. The molecule has 1 atom stereocenters. The Kier molecular flexibility index (Phi) is 6.00. The van der Waals surface area contributed by atoms with Crippen LogP contribution < -0.4 is 0 Å². The fourth-order valence-electron chi connectivity index (χ4n) is 5.40. The first-order valence-electron chi connectivity index (χ1n) is 11.9. The predicted molar refractivity (Wildman–Crippen MR) is 135 cm³/mol. The highest BCUT2D eigenvalue weighted by molar-refractivity contribution is 6.07. The van der Waals surface area contributed by atoms with E-state index in [1.807, 2.05) is 10.6 Å². The lowest BCUT2D eigenvalue weighted by Crippen LogP contribution is -2.25. The average molecular weight is 494 g/mol.